The van der Waals surface area contributed by atoms with Gasteiger partial charge >= 0.3 is 5.97 Å². The number of Topliss-reactive ketones (excluding diaryl/α,β-unsaturated/α-hetero) is 1. The number of methoxy groups -OCH3 is 1. The minimum atomic E-state index is -0.890. The van der Waals surface area contributed by atoms with Gasteiger partial charge in [-0.25, -0.2) is 13.6 Å². The Kier molecular flexibility index (Phi) is 7.29. The Morgan fingerprint density at radius 2 is 1.89 bits per heavy atom. The van der Waals surface area contributed by atoms with Crippen molar-refractivity contribution in [2.45, 2.75) is 13.3 Å². The first kappa shape index (κ1) is 20.8. The van der Waals surface area contributed by atoms with E-state index in [2.05, 4.69) is 15.9 Å². The summed E-state index contributed by atoms with van der Waals surface area (Å²) in [6.07, 6.45) is 0.790. The molecular formula is C19H17BrF2O5. The highest BCUT2D eigenvalue weighted by Crippen LogP contribution is 2.37. The molecule has 0 amide bonds. The van der Waals surface area contributed by atoms with Crippen LogP contribution in [0.3, 0.4) is 0 Å². The van der Waals surface area contributed by atoms with Crippen molar-refractivity contribution in [1.82, 2.24) is 0 Å². The maximum Gasteiger partial charge on any atom is 0.338 e. The van der Waals surface area contributed by atoms with Gasteiger partial charge in [-0.3, -0.25) is 4.79 Å². The lowest BCUT2D eigenvalue weighted by Gasteiger charge is -2.13. The van der Waals surface area contributed by atoms with E-state index in [1.807, 2.05) is 6.92 Å². The highest BCUT2D eigenvalue weighted by Gasteiger charge is 2.19. The second-order valence-corrected chi connectivity index (χ2v) is 6.32. The quantitative estimate of drug-likeness (QED) is 0.442. The van der Waals surface area contributed by atoms with Crippen LogP contribution in [0.5, 0.6) is 11.5 Å². The summed E-state index contributed by atoms with van der Waals surface area (Å²) in [7, 11) is 1.42. The SMILES string of the molecule is CCCOc1c(Br)cc(C(=O)OCC(=O)c2cc(F)ccc2F)cc1OC. The van der Waals surface area contributed by atoms with E-state index in [4.69, 9.17) is 14.2 Å². The molecule has 0 bridgehead atoms. The van der Waals surface area contributed by atoms with Crippen LogP contribution in [-0.4, -0.2) is 32.1 Å². The lowest BCUT2D eigenvalue weighted by Crippen LogP contribution is -2.16. The Morgan fingerprint density at radius 1 is 1.15 bits per heavy atom. The first-order valence-corrected chi connectivity index (χ1v) is 8.82. The Bertz CT molecular complexity index is 854. The van der Waals surface area contributed by atoms with Crippen LogP contribution in [0.25, 0.3) is 0 Å². The van der Waals surface area contributed by atoms with E-state index < -0.39 is 35.6 Å². The van der Waals surface area contributed by atoms with Crippen molar-refractivity contribution in [3.05, 3.63) is 57.6 Å². The summed E-state index contributed by atoms with van der Waals surface area (Å²) in [5.74, 6) is -2.57. The molecule has 2 aromatic carbocycles. The number of hydrogen-bond donors (Lipinski definition) is 0. The Labute approximate surface area is 163 Å². The third kappa shape index (κ3) is 5.26. The Balaban J connectivity index is 2.12. The molecule has 0 heterocycles. The van der Waals surface area contributed by atoms with Crippen LogP contribution < -0.4 is 9.47 Å². The molecule has 0 N–H and O–H groups in total. The molecule has 5 nitrogen and oxygen atoms in total. The molecule has 2 rings (SSSR count). The zero-order valence-corrected chi connectivity index (χ0v) is 16.3. The van der Waals surface area contributed by atoms with Gasteiger partial charge in [-0.1, -0.05) is 6.92 Å². The predicted molar refractivity (Wildman–Crippen MR) is 97.5 cm³/mol. The number of hydrogen-bond acceptors (Lipinski definition) is 5. The van der Waals surface area contributed by atoms with Gasteiger partial charge in [0.05, 0.1) is 29.3 Å². The molecule has 8 heteroatoms. The van der Waals surface area contributed by atoms with E-state index in [0.717, 1.165) is 24.6 Å². The van der Waals surface area contributed by atoms with E-state index in [1.165, 1.54) is 19.2 Å². The monoisotopic (exact) mass is 442 g/mol. The van der Waals surface area contributed by atoms with Gasteiger partial charge in [0.2, 0.25) is 5.78 Å². The summed E-state index contributed by atoms with van der Waals surface area (Å²) in [5.41, 5.74) is -0.375. The predicted octanol–water partition coefficient (Wildman–Crippen LogP) is 4.56. The van der Waals surface area contributed by atoms with Crippen LogP contribution in [0.1, 0.15) is 34.1 Å². The summed E-state index contributed by atoms with van der Waals surface area (Å²) < 4.78 is 42.9. The first-order chi connectivity index (χ1) is 12.9. The Hall–Kier alpha value is -2.48. The van der Waals surface area contributed by atoms with Crippen molar-refractivity contribution < 1.29 is 32.6 Å². The second kappa shape index (κ2) is 9.45. The third-order valence-corrected chi connectivity index (χ3v) is 4.07. The highest BCUT2D eigenvalue weighted by molar-refractivity contribution is 9.10. The molecule has 0 spiro atoms. The smallest absolute Gasteiger partial charge is 0.338 e. The molecule has 0 saturated carbocycles. The number of carbonyl (C=O) groups excluding carboxylic acids is 2. The number of carbonyl (C=O) groups is 2. The number of rotatable bonds is 8. The number of ether oxygens (including phenoxy) is 3. The average Bonchev–Trinajstić information content (AvgIpc) is 2.66. The molecule has 0 atom stereocenters. The summed E-state index contributed by atoms with van der Waals surface area (Å²) in [6, 6.07) is 5.35. The van der Waals surface area contributed by atoms with Gasteiger partial charge < -0.3 is 14.2 Å². The van der Waals surface area contributed by atoms with Crippen molar-refractivity contribution >= 4 is 27.7 Å². The number of benzene rings is 2. The lowest BCUT2D eigenvalue weighted by molar-refractivity contribution is 0.0473. The van der Waals surface area contributed by atoms with E-state index in [0.29, 0.717) is 22.6 Å². The molecule has 0 unspecified atom stereocenters. The van der Waals surface area contributed by atoms with Crippen LogP contribution in [0.15, 0.2) is 34.8 Å². The molecule has 0 aliphatic heterocycles. The molecule has 0 aliphatic carbocycles. The molecule has 0 aliphatic rings. The van der Waals surface area contributed by atoms with Gasteiger partial charge in [0, 0.05) is 0 Å². The van der Waals surface area contributed by atoms with Gasteiger partial charge in [0.15, 0.2) is 18.1 Å². The topological polar surface area (TPSA) is 61.8 Å². The number of esters is 1. The summed E-state index contributed by atoms with van der Waals surface area (Å²) >= 11 is 3.30. The molecule has 2 aromatic rings. The summed E-state index contributed by atoms with van der Waals surface area (Å²) in [5, 5.41) is 0. The van der Waals surface area contributed by atoms with E-state index in [1.54, 1.807) is 0 Å². The van der Waals surface area contributed by atoms with Crippen molar-refractivity contribution in [1.29, 1.82) is 0 Å². The highest BCUT2D eigenvalue weighted by atomic mass is 79.9. The molecule has 0 aromatic heterocycles. The van der Waals surface area contributed by atoms with Crippen molar-refractivity contribution in [2.24, 2.45) is 0 Å². The minimum absolute atomic E-state index is 0.107. The molecule has 0 fully saturated rings. The maximum absolute atomic E-state index is 13.6. The van der Waals surface area contributed by atoms with Crippen molar-refractivity contribution in [3.8, 4) is 11.5 Å². The van der Waals surface area contributed by atoms with Crippen LogP contribution in [0.4, 0.5) is 8.78 Å². The van der Waals surface area contributed by atoms with Crippen LogP contribution in [0, 0.1) is 11.6 Å². The zero-order chi connectivity index (χ0) is 20.0. The minimum Gasteiger partial charge on any atom is -0.493 e. The van der Waals surface area contributed by atoms with Crippen LogP contribution in [0.2, 0.25) is 0 Å². The first-order valence-electron chi connectivity index (χ1n) is 8.03. The largest absolute Gasteiger partial charge is 0.493 e. The fraction of sp³-hybridized carbons (Fsp3) is 0.263. The zero-order valence-electron chi connectivity index (χ0n) is 14.7. The average molecular weight is 443 g/mol. The van der Waals surface area contributed by atoms with Gasteiger partial charge in [0.1, 0.15) is 11.6 Å². The molecule has 27 heavy (non-hydrogen) atoms. The van der Waals surface area contributed by atoms with Crippen LogP contribution >= 0.6 is 15.9 Å². The number of halogens is 3. The van der Waals surface area contributed by atoms with E-state index in [-0.39, 0.29) is 5.56 Å². The molecular weight excluding hydrogens is 426 g/mol. The molecule has 0 saturated heterocycles. The lowest BCUT2D eigenvalue weighted by atomic mass is 10.1. The molecule has 144 valence electrons. The number of ketones is 1. The molecule has 0 radical (unpaired) electrons. The summed E-state index contributed by atoms with van der Waals surface area (Å²) in [4.78, 5) is 24.2. The Morgan fingerprint density at radius 3 is 2.56 bits per heavy atom. The fourth-order valence-electron chi connectivity index (χ4n) is 2.19. The van der Waals surface area contributed by atoms with Gasteiger partial charge in [-0.2, -0.15) is 0 Å². The van der Waals surface area contributed by atoms with E-state index >= 15 is 0 Å². The second-order valence-electron chi connectivity index (χ2n) is 5.46. The normalized spacial score (nSPS) is 10.4. The van der Waals surface area contributed by atoms with Crippen molar-refractivity contribution in [2.75, 3.05) is 20.3 Å². The van der Waals surface area contributed by atoms with Crippen LogP contribution in [-0.2, 0) is 4.74 Å². The van der Waals surface area contributed by atoms with E-state index in [9.17, 15) is 18.4 Å². The standard InChI is InChI=1S/C19H17BrF2O5/c1-3-6-26-18-14(20)7-11(8-17(18)25-2)19(24)27-10-16(23)13-9-12(21)4-5-15(13)22/h4-5,7-9H,3,6,10H2,1-2H3. The van der Waals surface area contributed by atoms with Crippen molar-refractivity contribution in [3.63, 3.8) is 0 Å². The third-order valence-electron chi connectivity index (χ3n) is 3.48. The van der Waals surface area contributed by atoms with Gasteiger partial charge in [-0.15, -0.1) is 0 Å². The maximum atomic E-state index is 13.6. The fourth-order valence-corrected chi connectivity index (χ4v) is 2.74. The summed E-state index contributed by atoms with van der Waals surface area (Å²) in [6.45, 7) is 1.68. The van der Waals surface area contributed by atoms with Gasteiger partial charge in [-0.05, 0) is 52.7 Å². The van der Waals surface area contributed by atoms with Gasteiger partial charge in [0.25, 0.3) is 0 Å².